The zero-order valence-electron chi connectivity index (χ0n) is 7.76. The quantitative estimate of drug-likeness (QED) is 0.696. The topological polar surface area (TPSA) is 91.8 Å². The molecule has 2 aromatic heterocycles. The van der Waals surface area contributed by atoms with Gasteiger partial charge in [-0.25, -0.2) is 15.0 Å². The van der Waals surface area contributed by atoms with Crippen LogP contribution in [0, 0.1) is 0 Å². The highest BCUT2D eigenvalue weighted by Crippen LogP contribution is 2.07. The number of halogens is 2. The molecule has 8 heteroatoms. The van der Waals surface area contributed by atoms with E-state index in [4.69, 9.17) is 28.3 Å². The summed E-state index contributed by atoms with van der Waals surface area (Å²) in [5, 5.41) is 9.21. The third kappa shape index (κ3) is 4.72. The first-order valence-electron chi connectivity index (χ1n) is 3.94. The molecule has 0 saturated carbocycles. The Balaban J connectivity index is 0.000000160. The number of aromatic nitrogens is 4. The summed E-state index contributed by atoms with van der Waals surface area (Å²) >= 11 is 10.8. The fourth-order valence-corrected chi connectivity index (χ4v) is 1.02. The molecule has 0 spiro atoms. The van der Waals surface area contributed by atoms with Crippen LogP contribution in [0.3, 0.4) is 0 Å². The van der Waals surface area contributed by atoms with Crippen molar-refractivity contribution in [2.75, 3.05) is 0 Å². The van der Waals surface area contributed by atoms with Gasteiger partial charge in [-0.1, -0.05) is 23.2 Å². The largest absolute Gasteiger partial charge is 0.493 e. The Bertz CT molecular complexity index is 500. The van der Waals surface area contributed by atoms with Gasteiger partial charge in [0.05, 0.1) is 12.4 Å². The third-order valence-electron chi connectivity index (χ3n) is 1.26. The van der Waals surface area contributed by atoms with Crippen LogP contribution in [0.5, 0.6) is 5.88 Å². The van der Waals surface area contributed by atoms with E-state index in [1.165, 1.54) is 12.4 Å². The molecule has 0 fully saturated rings. The second-order valence-electron chi connectivity index (χ2n) is 2.43. The van der Waals surface area contributed by atoms with E-state index in [-0.39, 0.29) is 11.4 Å². The minimum atomic E-state index is -0.350. The minimum absolute atomic E-state index is 0.256. The van der Waals surface area contributed by atoms with E-state index in [1.54, 1.807) is 0 Å². The SMILES string of the molecule is Clc1cc(Cl)ncn1.O=c1cc(O)nc[nH]1. The lowest BCUT2D eigenvalue weighted by Gasteiger charge is -1.85. The molecule has 6 nitrogen and oxygen atoms in total. The van der Waals surface area contributed by atoms with Crippen molar-refractivity contribution in [2.45, 2.75) is 0 Å². The summed E-state index contributed by atoms with van der Waals surface area (Å²) in [6.07, 6.45) is 2.45. The lowest BCUT2D eigenvalue weighted by Crippen LogP contribution is -2.01. The Kier molecular flexibility index (Phi) is 4.68. The summed E-state index contributed by atoms with van der Waals surface area (Å²) in [5.74, 6) is -0.256. The maximum atomic E-state index is 10.2. The monoisotopic (exact) mass is 260 g/mol. The van der Waals surface area contributed by atoms with Crippen LogP contribution in [-0.2, 0) is 0 Å². The number of hydrogen-bond acceptors (Lipinski definition) is 5. The van der Waals surface area contributed by atoms with Crippen LogP contribution in [-0.4, -0.2) is 25.0 Å². The number of nitrogens with one attached hydrogen (secondary N) is 1. The second-order valence-corrected chi connectivity index (χ2v) is 3.21. The molecule has 2 N–H and O–H groups in total. The van der Waals surface area contributed by atoms with Crippen LogP contribution < -0.4 is 5.56 Å². The van der Waals surface area contributed by atoms with Gasteiger partial charge in [-0.15, -0.1) is 0 Å². The predicted octanol–water partition coefficient (Wildman–Crippen LogP) is 1.26. The molecule has 2 rings (SSSR count). The molecule has 2 aromatic rings. The molecular formula is C8H6Cl2N4O2. The number of aromatic amines is 1. The summed E-state index contributed by atoms with van der Waals surface area (Å²) in [4.78, 5) is 23.0. The van der Waals surface area contributed by atoms with Crippen LogP contribution in [0.15, 0.2) is 29.6 Å². The van der Waals surface area contributed by atoms with Crippen LogP contribution in [0.2, 0.25) is 10.3 Å². The van der Waals surface area contributed by atoms with Gasteiger partial charge in [0.1, 0.15) is 16.6 Å². The Morgan fingerprint density at radius 3 is 2.06 bits per heavy atom. The molecule has 0 aliphatic carbocycles. The summed E-state index contributed by atoms with van der Waals surface area (Å²) in [6.45, 7) is 0. The maximum Gasteiger partial charge on any atom is 0.254 e. The van der Waals surface area contributed by atoms with E-state index in [9.17, 15) is 4.79 Å². The molecule has 16 heavy (non-hydrogen) atoms. The van der Waals surface area contributed by atoms with Gasteiger partial charge in [-0.3, -0.25) is 4.79 Å². The van der Waals surface area contributed by atoms with Crippen molar-refractivity contribution in [2.24, 2.45) is 0 Å². The minimum Gasteiger partial charge on any atom is -0.493 e. The summed E-state index contributed by atoms with van der Waals surface area (Å²) < 4.78 is 0. The first-order chi connectivity index (χ1) is 7.58. The fraction of sp³-hybridized carbons (Fsp3) is 0. The van der Waals surface area contributed by atoms with E-state index in [2.05, 4.69) is 19.9 Å². The van der Waals surface area contributed by atoms with Crippen molar-refractivity contribution < 1.29 is 5.11 Å². The van der Waals surface area contributed by atoms with Crippen molar-refractivity contribution in [1.82, 2.24) is 19.9 Å². The predicted molar refractivity (Wildman–Crippen MR) is 58.6 cm³/mol. The van der Waals surface area contributed by atoms with Crippen LogP contribution in [0.4, 0.5) is 0 Å². The van der Waals surface area contributed by atoms with Crippen LogP contribution >= 0.6 is 23.2 Å². The Labute approximate surface area is 99.9 Å². The molecule has 0 aliphatic heterocycles. The molecule has 0 atom stereocenters. The van der Waals surface area contributed by atoms with Crippen LogP contribution in [0.1, 0.15) is 0 Å². The highest BCUT2D eigenvalue weighted by Gasteiger charge is 1.88. The lowest BCUT2D eigenvalue weighted by molar-refractivity contribution is 0.451. The van der Waals surface area contributed by atoms with E-state index < -0.39 is 0 Å². The molecule has 0 amide bonds. The van der Waals surface area contributed by atoms with Gasteiger partial charge in [0, 0.05) is 6.07 Å². The average Bonchev–Trinajstić information content (AvgIpc) is 2.17. The molecule has 0 saturated heterocycles. The zero-order valence-corrected chi connectivity index (χ0v) is 9.27. The molecule has 0 radical (unpaired) electrons. The Morgan fingerprint density at radius 2 is 1.75 bits per heavy atom. The molecule has 0 aromatic carbocycles. The van der Waals surface area contributed by atoms with Crippen LogP contribution in [0.25, 0.3) is 0 Å². The standard InChI is InChI=1S/C4H2Cl2N2.C4H4N2O2/c5-3-1-4(6)8-2-7-3;7-3-1-4(8)6-2-5-3/h1-2H;1-2H,(H2,5,6,7,8). The molecular weight excluding hydrogens is 255 g/mol. The first-order valence-corrected chi connectivity index (χ1v) is 4.70. The van der Waals surface area contributed by atoms with E-state index in [0.717, 1.165) is 12.4 Å². The normalized spacial score (nSPS) is 9.12. The number of hydrogen-bond donors (Lipinski definition) is 2. The highest BCUT2D eigenvalue weighted by atomic mass is 35.5. The smallest absolute Gasteiger partial charge is 0.254 e. The first kappa shape index (κ1) is 12.4. The van der Waals surface area contributed by atoms with Crippen molar-refractivity contribution in [3.63, 3.8) is 0 Å². The van der Waals surface area contributed by atoms with E-state index >= 15 is 0 Å². The third-order valence-corrected chi connectivity index (χ3v) is 1.68. The molecule has 0 unspecified atom stereocenters. The Morgan fingerprint density at radius 1 is 1.12 bits per heavy atom. The van der Waals surface area contributed by atoms with Crippen molar-refractivity contribution in [3.05, 3.63) is 45.4 Å². The summed E-state index contributed by atoms with van der Waals surface area (Å²) in [6, 6.07) is 2.48. The number of H-pyrrole nitrogens is 1. The number of aromatic hydroxyl groups is 1. The summed E-state index contributed by atoms with van der Waals surface area (Å²) in [5.41, 5.74) is -0.350. The van der Waals surface area contributed by atoms with Crippen molar-refractivity contribution in [1.29, 1.82) is 0 Å². The number of nitrogens with zero attached hydrogens (tertiary/aromatic N) is 3. The van der Waals surface area contributed by atoms with Gasteiger partial charge < -0.3 is 10.1 Å². The van der Waals surface area contributed by atoms with Gasteiger partial charge in [0.2, 0.25) is 5.88 Å². The van der Waals surface area contributed by atoms with Gasteiger partial charge in [-0.05, 0) is 0 Å². The Hall–Kier alpha value is -1.66. The van der Waals surface area contributed by atoms with Crippen molar-refractivity contribution in [3.8, 4) is 5.88 Å². The lowest BCUT2D eigenvalue weighted by atomic mass is 10.6. The molecule has 0 aliphatic rings. The summed E-state index contributed by atoms with van der Waals surface area (Å²) in [7, 11) is 0. The average molecular weight is 261 g/mol. The van der Waals surface area contributed by atoms with E-state index in [1.807, 2.05) is 0 Å². The second kappa shape index (κ2) is 6.04. The van der Waals surface area contributed by atoms with Gasteiger partial charge in [-0.2, -0.15) is 0 Å². The molecule has 0 bridgehead atoms. The molecule has 84 valence electrons. The maximum absolute atomic E-state index is 10.2. The molecule has 2 heterocycles. The van der Waals surface area contributed by atoms with E-state index in [0.29, 0.717) is 10.3 Å². The zero-order chi connectivity index (χ0) is 12.0. The van der Waals surface area contributed by atoms with Gasteiger partial charge in [0.25, 0.3) is 5.56 Å². The van der Waals surface area contributed by atoms with Gasteiger partial charge >= 0.3 is 0 Å². The van der Waals surface area contributed by atoms with Gasteiger partial charge in [0.15, 0.2) is 0 Å². The fourth-order valence-electron chi connectivity index (χ4n) is 0.670. The van der Waals surface area contributed by atoms with Crippen molar-refractivity contribution >= 4 is 23.2 Å². The number of rotatable bonds is 0. The highest BCUT2D eigenvalue weighted by molar-refractivity contribution is 6.33.